The zero-order valence-electron chi connectivity index (χ0n) is 20.3. The zero-order chi connectivity index (χ0) is 26.1. The molecule has 0 spiro atoms. The van der Waals surface area contributed by atoms with Crippen LogP contribution in [-0.4, -0.2) is 45.3 Å². The number of hydrogen-bond acceptors (Lipinski definition) is 8. The maximum atomic E-state index is 12.9. The molecule has 5 rings (SSSR count). The summed E-state index contributed by atoms with van der Waals surface area (Å²) >= 11 is 6.23. The number of halogens is 1. The van der Waals surface area contributed by atoms with Gasteiger partial charge in [-0.05, 0) is 44.2 Å². The van der Waals surface area contributed by atoms with Gasteiger partial charge >= 0.3 is 11.9 Å². The number of aromatic nitrogens is 3. The smallest absolute Gasteiger partial charge is 0.338 e. The number of nitrogen functional groups attached to an aromatic ring is 1. The van der Waals surface area contributed by atoms with E-state index in [-0.39, 0.29) is 17.7 Å². The number of rotatable bonds is 6. The van der Waals surface area contributed by atoms with Crippen LogP contribution in [0.2, 0.25) is 5.15 Å². The third-order valence-corrected chi connectivity index (χ3v) is 6.53. The topological polar surface area (TPSA) is 119 Å². The van der Waals surface area contributed by atoms with Crippen LogP contribution in [0.3, 0.4) is 0 Å². The van der Waals surface area contributed by atoms with Crippen LogP contribution in [-0.2, 0) is 14.2 Å². The Morgan fingerprint density at radius 1 is 1.00 bits per heavy atom. The Labute approximate surface area is 218 Å². The molecule has 9 nitrogen and oxygen atoms in total. The molecule has 37 heavy (non-hydrogen) atoms. The number of nitrogens with zero attached hydrogens (tertiary/aromatic N) is 3. The number of carbonyl (C=O) groups excluding carboxylic acids is 2. The first kappa shape index (κ1) is 24.7. The third kappa shape index (κ3) is 5.28. The van der Waals surface area contributed by atoms with Gasteiger partial charge in [0, 0.05) is 12.6 Å². The monoisotopic (exact) mass is 520 g/mol. The van der Waals surface area contributed by atoms with Gasteiger partial charge in [0.25, 0.3) is 0 Å². The van der Waals surface area contributed by atoms with Gasteiger partial charge in [-0.3, -0.25) is 0 Å². The number of anilines is 1. The van der Waals surface area contributed by atoms with Crippen LogP contribution in [0.5, 0.6) is 0 Å². The first-order chi connectivity index (χ1) is 17.8. The molecular formula is C27H25ClN4O5. The second-order valence-electron chi connectivity index (χ2n) is 8.97. The lowest BCUT2D eigenvalue weighted by molar-refractivity contribution is -0.0562. The van der Waals surface area contributed by atoms with Gasteiger partial charge in [0.15, 0.2) is 0 Å². The Morgan fingerprint density at radius 3 is 2.27 bits per heavy atom. The van der Waals surface area contributed by atoms with Crippen LogP contribution in [0.25, 0.3) is 11.0 Å². The van der Waals surface area contributed by atoms with Gasteiger partial charge < -0.3 is 24.5 Å². The molecule has 1 aliphatic rings. The van der Waals surface area contributed by atoms with Crippen LogP contribution in [0.15, 0.2) is 60.8 Å². The van der Waals surface area contributed by atoms with Gasteiger partial charge in [-0.25, -0.2) is 14.6 Å². The molecule has 0 saturated carbocycles. The average Bonchev–Trinajstić information content (AvgIpc) is 3.47. The predicted molar refractivity (Wildman–Crippen MR) is 137 cm³/mol. The van der Waals surface area contributed by atoms with E-state index in [1.54, 1.807) is 41.1 Å². The molecule has 1 aliphatic heterocycles. The molecule has 0 radical (unpaired) electrons. The van der Waals surface area contributed by atoms with E-state index in [0.29, 0.717) is 28.6 Å². The molecule has 10 heteroatoms. The number of esters is 2. The minimum absolute atomic E-state index is 0.0290. The highest BCUT2D eigenvalue weighted by Gasteiger charge is 2.40. The lowest BCUT2D eigenvalue weighted by atomic mass is 10.1. The number of nitrogens with two attached hydrogens (primary N) is 1. The summed E-state index contributed by atoms with van der Waals surface area (Å²) in [5.74, 6) is -0.952. The number of carbonyl (C=O) groups is 2. The lowest BCUT2D eigenvalue weighted by Crippen LogP contribution is -2.32. The molecule has 3 atom stereocenters. The standard InChI is InChI=1S/C27H25ClN4O5/c1-15-3-7-17(8-4-15)25(33)35-14-21-20(37-26(34)18-9-5-16(2)6-10-18)13-22(36-21)32-12-11-19-23(28)30-27(29)31-24(19)32/h3-12,20-22H,13-14H2,1-2H3,(H2,29,30,31). The van der Waals surface area contributed by atoms with Gasteiger partial charge in [0.2, 0.25) is 5.95 Å². The van der Waals surface area contributed by atoms with E-state index in [1.165, 1.54) is 0 Å². The van der Waals surface area contributed by atoms with Crippen molar-refractivity contribution in [2.45, 2.75) is 38.7 Å². The molecule has 2 N–H and O–H groups in total. The molecule has 1 saturated heterocycles. The largest absolute Gasteiger partial charge is 0.459 e. The first-order valence-electron chi connectivity index (χ1n) is 11.7. The fourth-order valence-corrected chi connectivity index (χ4v) is 4.45. The minimum Gasteiger partial charge on any atom is -0.459 e. The molecule has 0 amide bonds. The highest BCUT2D eigenvalue weighted by Crippen LogP contribution is 2.35. The fraction of sp³-hybridized carbons (Fsp3) is 0.259. The van der Waals surface area contributed by atoms with E-state index < -0.39 is 30.4 Å². The van der Waals surface area contributed by atoms with Crippen LogP contribution in [0, 0.1) is 13.8 Å². The van der Waals surface area contributed by atoms with Crippen LogP contribution in [0.1, 0.15) is 44.5 Å². The molecule has 0 aliphatic carbocycles. The van der Waals surface area contributed by atoms with Crippen LogP contribution < -0.4 is 5.73 Å². The van der Waals surface area contributed by atoms with Crippen molar-refractivity contribution in [1.29, 1.82) is 0 Å². The van der Waals surface area contributed by atoms with Gasteiger partial charge in [-0.2, -0.15) is 4.98 Å². The molecule has 2 aromatic heterocycles. The third-order valence-electron chi connectivity index (χ3n) is 6.25. The molecular weight excluding hydrogens is 496 g/mol. The maximum absolute atomic E-state index is 12.9. The number of benzene rings is 2. The van der Waals surface area contributed by atoms with E-state index in [1.807, 2.05) is 38.1 Å². The van der Waals surface area contributed by atoms with Gasteiger partial charge in [0.05, 0.1) is 16.5 Å². The molecule has 3 heterocycles. The molecule has 4 aromatic rings. The summed E-state index contributed by atoms with van der Waals surface area (Å²) in [6.45, 7) is 3.77. The Balaban J connectivity index is 1.37. The van der Waals surface area contributed by atoms with Gasteiger partial charge in [-0.15, -0.1) is 0 Å². The fourth-order valence-electron chi connectivity index (χ4n) is 4.22. The molecule has 190 valence electrons. The quantitative estimate of drug-likeness (QED) is 0.288. The molecule has 2 aromatic carbocycles. The Morgan fingerprint density at radius 2 is 1.62 bits per heavy atom. The summed E-state index contributed by atoms with van der Waals surface area (Å²) in [4.78, 5) is 33.8. The second-order valence-corrected chi connectivity index (χ2v) is 9.33. The molecule has 0 bridgehead atoms. The van der Waals surface area contributed by atoms with Gasteiger partial charge in [0.1, 0.15) is 35.8 Å². The number of aryl methyl sites for hydroxylation is 2. The van der Waals surface area contributed by atoms with E-state index in [4.69, 9.17) is 31.5 Å². The highest BCUT2D eigenvalue weighted by molar-refractivity contribution is 6.34. The Bertz CT molecular complexity index is 1450. The van der Waals surface area contributed by atoms with Gasteiger partial charge in [-0.1, -0.05) is 47.0 Å². The summed E-state index contributed by atoms with van der Waals surface area (Å²) in [6, 6.07) is 15.9. The number of ether oxygens (including phenoxy) is 3. The lowest BCUT2D eigenvalue weighted by Gasteiger charge is -2.19. The van der Waals surface area contributed by atoms with Crippen LogP contribution in [0.4, 0.5) is 5.95 Å². The van der Waals surface area contributed by atoms with E-state index in [0.717, 1.165) is 11.1 Å². The highest BCUT2D eigenvalue weighted by atomic mass is 35.5. The summed E-state index contributed by atoms with van der Waals surface area (Å²) in [5.41, 5.74) is 9.20. The maximum Gasteiger partial charge on any atom is 0.338 e. The number of fused-ring (bicyclic) bond motifs is 1. The van der Waals surface area contributed by atoms with Crippen molar-refractivity contribution >= 4 is 40.5 Å². The SMILES string of the molecule is Cc1ccc(C(=O)OCC2OC(n3ccc4c(Cl)nc(N)nc43)CC2OC(=O)c2ccc(C)cc2)cc1. The van der Waals surface area contributed by atoms with Crippen molar-refractivity contribution in [3.63, 3.8) is 0 Å². The molecule has 1 fully saturated rings. The Kier molecular flexibility index (Phi) is 6.82. The van der Waals surface area contributed by atoms with Crippen molar-refractivity contribution in [2.24, 2.45) is 0 Å². The zero-order valence-corrected chi connectivity index (χ0v) is 21.0. The first-order valence-corrected chi connectivity index (χ1v) is 12.1. The second kappa shape index (κ2) is 10.2. The molecule has 3 unspecified atom stereocenters. The van der Waals surface area contributed by atoms with E-state index in [2.05, 4.69) is 9.97 Å². The van der Waals surface area contributed by atoms with Crippen molar-refractivity contribution in [1.82, 2.24) is 14.5 Å². The minimum atomic E-state index is -0.707. The summed E-state index contributed by atoms with van der Waals surface area (Å²) < 4.78 is 19.4. The van der Waals surface area contributed by atoms with Crippen molar-refractivity contribution in [3.8, 4) is 0 Å². The van der Waals surface area contributed by atoms with Crippen molar-refractivity contribution in [2.75, 3.05) is 12.3 Å². The summed E-state index contributed by atoms with van der Waals surface area (Å²) in [6.07, 6.45) is 0.101. The van der Waals surface area contributed by atoms with Crippen LogP contribution >= 0.6 is 11.6 Å². The predicted octanol–water partition coefficient (Wildman–Crippen LogP) is 4.65. The number of hydrogen-bond donors (Lipinski definition) is 1. The summed E-state index contributed by atoms with van der Waals surface area (Å²) in [7, 11) is 0. The average molecular weight is 521 g/mol. The van der Waals surface area contributed by atoms with E-state index >= 15 is 0 Å². The normalized spacial score (nSPS) is 19.2. The van der Waals surface area contributed by atoms with E-state index in [9.17, 15) is 9.59 Å². The van der Waals surface area contributed by atoms with Crippen molar-refractivity contribution in [3.05, 3.63) is 88.2 Å². The summed E-state index contributed by atoms with van der Waals surface area (Å²) in [5, 5.41) is 0.840. The Hall–Kier alpha value is -3.95. The van der Waals surface area contributed by atoms with Crippen molar-refractivity contribution < 1.29 is 23.8 Å².